The Balaban J connectivity index is 0. The number of hydrogen-bond donors (Lipinski definition) is 0. The molecule has 0 bridgehead atoms. The third-order valence-corrected chi connectivity index (χ3v) is 7.76. The molecule has 34 heavy (non-hydrogen) atoms. The van der Waals surface area contributed by atoms with Crippen LogP contribution in [0.25, 0.3) is 0 Å². The molecule has 0 radical (unpaired) electrons. The fourth-order valence-corrected chi connectivity index (χ4v) is 5.28. The second kappa shape index (κ2) is 31.5. The molecule has 0 spiro atoms. The van der Waals surface area contributed by atoms with Gasteiger partial charge in [-0.15, -0.1) is 17.0 Å². The van der Waals surface area contributed by atoms with Gasteiger partial charge >= 0.3 is 0 Å². The SMILES string of the molecule is Br.CCCCCCCCCCCCCCCCCC(CCCCCCCCCCCC)N(C)C. The molecule has 1 atom stereocenters. The number of halogens is 1. The molecule has 0 N–H and O–H groups in total. The van der Waals surface area contributed by atoms with E-state index in [1.807, 2.05) is 0 Å². The Morgan fingerprint density at radius 1 is 0.353 bits per heavy atom. The first kappa shape index (κ1) is 36.6. The van der Waals surface area contributed by atoms with E-state index in [4.69, 9.17) is 0 Å². The van der Waals surface area contributed by atoms with Gasteiger partial charge in [-0.2, -0.15) is 0 Å². The normalized spacial score (nSPS) is 12.3. The van der Waals surface area contributed by atoms with E-state index >= 15 is 0 Å². The summed E-state index contributed by atoms with van der Waals surface area (Å²) in [6.45, 7) is 4.61. The van der Waals surface area contributed by atoms with E-state index in [1.54, 1.807) is 0 Å². The van der Waals surface area contributed by atoms with E-state index in [2.05, 4.69) is 32.8 Å². The zero-order valence-corrected chi connectivity index (χ0v) is 26.2. The van der Waals surface area contributed by atoms with E-state index in [9.17, 15) is 0 Å². The highest BCUT2D eigenvalue weighted by Gasteiger charge is 2.10. The fraction of sp³-hybridized carbons (Fsp3) is 1.00. The molecule has 1 unspecified atom stereocenters. The summed E-state index contributed by atoms with van der Waals surface area (Å²) in [5.41, 5.74) is 0. The van der Waals surface area contributed by atoms with Crippen molar-refractivity contribution in [3.63, 3.8) is 0 Å². The first-order chi connectivity index (χ1) is 16.2. The predicted molar refractivity (Wildman–Crippen MR) is 164 cm³/mol. The second-order valence-electron chi connectivity index (χ2n) is 11.3. The molecular formula is C32H68BrN. The Kier molecular flexibility index (Phi) is 33.9. The summed E-state index contributed by atoms with van der Waals surface area (Å²) in [5.74, 6) is 0. The number of hydrogen-bond acceptors (Lipinski definition) is 1. The first-order valence-corrected chi connectivity index (χ1v) is 15.9. The molecule has 0 aliphatic heterocycles. The van der Waals surface area contributed by atoms with Gasteiger partial charge in [0, 0.05) is 6.04 Å². The topological polar surface area (TPSA) is 3.24 Å². The molecule has 0 saturated carbocycles. The Morgan fingerprint density at radius 2 is 0.559 bits per heavy atom. The number of nitrogens with zero attached hydrogens (tertiary/aromatic N) is 1. The maximum absolute atomic E-state index is 2.50. The van der Waals surface area contributed by atoms with Crippen molar-refractivity contribution in [2.45, 2.75) is 193 Å². The Morgan fingerprint density at radius 3 is 0.765 bits per heavy atom. The highest BCUT2D eigenvalue weighted by Crippen LogP contribution is 2.18. The van der Waals surface area contributed by atoms with Gasteiger partial charge in [-0.3, -0.25) is 0 Å². The first-order valence-electron chi connectivity index (χ1n) is 15.9. The van der Waals surface area contributed by atoms with E-state index in [0.29, 0.717) is 0 Å². The van der Waals surface area contributed by atoms with Crippen molar-refractivity contribution in [2.75, 3.05) is 14.1 Å². The van der Waals surface area contributed by atoms with Crippen molar-refractivity contribution in [2.24, 2.45) is 0 Å². The standard InChI is InChI=1S/C32H67N.BrH/c1-5-7-9-11-13-15-17-18-19-20-21-23-25-27-29-31-32(33(3)4)30-28-26-24-22-16-14-12-10-8-6-2;/h32H,5-31H2,1-4H3;1H. The molecule has 0 aliphatic carbocycles. The third-order valence-electron chi connectivity index (χ3n) is 7.76. The lowest BCUT2D eigenvalue weighted by atomic mass is 9.99. The van der Waals surface area contributed by atoms with Gasteiger partial charge in [-0.05, 0) is 26.9 Å². The average molecular weight is 547 g/mol. The van der Waals surface area contributed by atoms with Crippen LogP contribution in [0.4, 0.5) is 0 Å². The van der Waals surface area contributed by atoms with Gasteiger partial charge in [-0.25, -0.2) is 0 Å². The summed E-state index contributed by atoms with van der Waals surface area (Å²) in [5, 5.41) is 0. The van der Waals surface area contributed by atoms with Crippen LogP contribution in [0.1, 0.15) is 187 Å². The minimum Gasteiger partial charge on any atom is -0.306 e. The summed E-state index contributed by atoms with van der Waals surface area (Å²) < 4.78 is 0. The van der Waals surface area contributed by atoms with Gasteiger partial charge in [0.05, 0.1) is 0 Å². The summed E-state index contributed by atoms with van der Waals surface area (Å²) >= 11 is 0. The van der Waals surface area contributed by atoms with Crippen LogP contribution in [-0.4, -0.2) is 25.0 Å². The molecule has 0 aromatic rings. The van der Waals surface area contributed by atoms with Crippen molar-refractivity contribution in [3.05, 3.63) is 0 Å². The van der Waals surface area contributed by atoms with Gasteiger partial charge in [-0.1, -0.05) is 174 Å². The minimum atomic E-state index is 0. The lowest BCUT2D eigenvalue weighted by molar-refractivity contribution is 0.251. The highest BCUT2D eigenvalue weighted by atomic mass is 79.9. The van der Waals surface area contributed by atoms with Crippen LogP contribution in [0.3, 0.4) is 0 Å². The van der Waals surface area contributed by atoms with Crippen LogP contribution >= 0.6 is 17.0 Å². The van der Waals surface area contributed by atoms with Crippen LogP contribution in [0, 0.1) is 0 Å². The molecule has 1 nitrogen and oxygen atoms in total. The lowest BCUT2D eigenvalue weighted by Gasteiger charge is -2.24. The van der Waals surface area contributed by atoms with Gasteiger partial charge in [0.15, 0.2) is 0 Å². The summed E-state index contributed by atoms with van der Waals surface area (Å²) in [6.07, 6.45) is 39.3. The quantitative estimate of drug-likeness (QED) is 0.0882. The highest BCUT2D eigenvalue weighted by molar-refractivity contribution is 8.93. The van der Waals surface area contributed by atoms with E-state index in [1.165, 1.54) is 173 Å². The van der Waals surface area contributed by atoms with E-state index in [0.717, 1.165) is 6.04 Å². The maximum atomic E-state index is 2.50. The molecule has 0 saturated heterocycles. The summed E-state index contributed by atoms with van der Waals surface area (Å²) in [6, 6.07) is 0.820. The van der Waals surface area contributed by atoms with Crippen LogP contribution in [0.5, 0.6) is 0 Å². The van der Waals surface area contributed by atoms with Crippen LogP contribution in [0.15, 0.2) is 0 Å². The predicted octanol–water partition coefficient (Wildman–Crippen LogP) is 12.1. The molecule has 0 fully saturated rings. The van der Waals surface area contributed by atoms with Crippen molar-refractivity contribution in [1.29, 1.82) is 0 Å². The maximum Gasteiger partial charge on any atom is 0.00891 e. The zero-order valence-electron chi connectivity index (χ0n) is 24.5. The average Bonchev–Trinajstić information content (AvgIpc) is 2.81. The fourth-order valence-electron chi connectivity index (χ4n) is 5.28. The number of unbranched alkanes of at least 4 members (excludes halogenated alkanes) is 23. The molecule has 2 heteroatoms. The number of rotatable bonds is 28. The van der Waals surface area contributed by atoms with Crippen LogP contribution in [0.2, 0.25) is 0 Å². The van der Waals surface area contributed by atoms with Gasteiger partial charge in [0.2, 0.25) is 0 Å². The summed E-state index contributed by atoms with van der Waals surface area (Å²) in [4.78, 5) is 2.50. The Labute approximate surface area is 228 Å². The van der Waals surface area contributed by atoms with Crippen molar-refractivity contribution < 1.29 is 0 Å². The molecule has 0 aliphatic rings. The molecule has 0 rings (SSSR count). The Bertz CT molecular complexity index is 344. The van der Waals surface area contributed by atoms with Crippen LogP contribution < -0.4 is 0 Å². The smallest absolute Gasteiger partial charge is 0.00891 e. The largest absolute Gasteiger partial charge is 0.306 e. The molecule has 0 aromatic heterocycles. The van der Waals surface area contributed by atoms with Crippen molar-refractivity contribution >= 4 is 17.0 Å². The van der Waals surface area contributed by atoms with Crippen molar-refractivity contribution in [3.8, 4) is 0 Å². The lowest BCUT2D eigenvalue weighted by Crippen LogP contribution is -2.27. The van der Waals surface area contributed by atoms with Crippen LogP contribution in [-0.2, 0) is 0 Å². The van der Waals surface area contributed by atoms with E-state index < -0.39 is 0 Å². The third kappa shape index (κ3) is 28.7. The van der Waals surface area contributed by atoms with Gasteiger partial charge < -0.3 is 4.90 Å². The molecule has 0 amide bonds. The summed E-state index contributed by atoms with van der Waals surface area (Å²) in [7, 11) is 4.60. The van der Waals surface area contributed by atoms with E-state index in [-0.39, 0.29) is 17.0 Å². The Hall–Kier alpha value is 0.440. The zero-order chi connectivity index (χ0) is 24.2. The second-order valence-corrected chi connectivity index (χ2v) is 11.3. The molecule has 0 heterocycles. The van der Waals surface area contributed by atoms with Crippen molar-refractivity contribution in [1.82, 2.24) is 4.90 Å². The van der Waals surface area contributed by atoms with Gasteiger partial charge in [0.25, 0.3) is 0 Å². The molecule has 0 aromatic carbocycles. The molecular weight excluding hydrogens is 478 g/mol. The monoisotopic (exact) mass is 545 g/mol. The molecule has 208 valence electrons. The van der Waals surface area contributed by atoms with Gasteiger partial charge in [0.1, 0.15) is 0 Å². The minimum absolute atomic E-state index is 0.